The highest BCUT2D eigenvalue weighted by molar-refractivity contribution is 6.06. The van der Waals surface area contributed by atoms with Crippen molar-refractivity contribution in [2.45, 2.75) is 40.3 Å². The van der Waals surface area contributed by atoms with Gasteiger partial charge in [0.25, 0.3) is 5.91 Å². The number of rotatable bonds is 6. The maximum absolute atomic E-state index is 13.6. The molecule has 0 bridgehead atoms. The molecule has 1 amide bonds. The second kappa shape index (κ2) is 9.65. The molecule has 0 fully saturated rings. The zero-order chi connectivity index (χ0) is 25.2. The van der Waals surface area contributed by atoms with Crippen LogP contribution >= 0.6 is 0 Å². The lowest BCUT2D eigenvalue weighted by Gasteiger charge is -2.28. The van der Waals surface area contributed by atoms with E-state index in [4.69, 9.17) is 4.74 Å². The number of carbonyl (C=O) groups is 1. The Morgan fingerprint density at radius 3 is 2.53 bits per heavy atom. The highest BCUT2D eigenvalue weighted by atomic mass is 16.5. The first-order chi connectivity index (χ1) is 17.4. The van der Waals surface area contributed by atoms with Gasteiger partial charge in [-0.3, -0.25) is 4.79 Å². The number of carbonyl (C=O) groups excluding carboxylic acids is 1. The zero-order valence-corrected chi connectivity index (χ0v) is 20.7. The maximum atomic E-state index is 13.6. The van der Waals surface area contributed by atoms with Crippen molar-refractivity contribution in [2.75, 3.05) is 10.6 Å². The Morgan fingerprint density at radius 1 is 1.00 bits per heavy atom. The highest BCUT2D eigenvalue weighted by Crippen LogP contribution is 2.35. The fourth-order valence-corrected chi connectivity index (χ4v) is 4.44. The molecule has 1 unspecified atom stereocenters. The molecule has 1 aromatic heterocycles. The molecule has 8 heteroatoms. The molecule has 2 N–H and O–H groups in total. The molecule has 0 saturated heterocycles. The molecule has 0 spiro atoms. The van der Waals surface area contributed by atoms with Crippen molar-refractivity contribution in [2.24, 2.45) is 0 Å². The summed E-state index contributed by atoms with van der Waals surface area (Å²) in [6.45, 7) is 8.43. The van der Waals surface area contributed by atoms with E-state index in [0.717, 1.165) is 33.7 Å². The third kappa shape index (κ3) is 4.57. The minimum Gasteiger partial charge on any atom is -0.489 e. The predicted octanol–water partition coefficient (Wildman–Crippen LogP) is 5.10. The number of fused-ring (bicyclic) bond motifs is 1. The molecule has 5 rings (SSSR count). The molecule has 0 aliphatic carbocycles. The van der Waals surface area contributed by atoms with Gasteiger partial charge in [-0.05, 0) is 78.6 Å². The number of hydrogen-bond donors (Lipinski definition) is 2. The Kier molecular flexibility index (Phi) is 6.25. The Labute approximate surface area is 210 Å². The van der Waals surface area contributed by atoms with Gasteiger partial charge in [0, 0.05) is 11.4 Å². The average Bonchev–Trinajstić information content (AvgIpc) is 3.33. The number of ether oxygens (including phenoxy) is 1. The van der Waals surface area contributed by atoms with Crippen LogP contribution in [0.2, 0.25) is 0 Å². The smallest absolute Gasteiger partial charge is 0.255 e. The van der Waals surface area contributed by atoms with Gasteiger partial charge in [-0.2, -0.15) is 4.68 Å². The van der Waals surface area contributed by atoms with Gasteiger partial charge in [0.2, 0.25) is 5.95 Å². The third-order valence-corrected chi connectivity index (χ3v) is 6.44. The summed E-state index contributed by atoms with van der Waals surface area (Å²) in [6.07, 6.45) is 0. The van der Waals surface area contributed by atoms with Crippen LogP contribution in [0.3, 0.4) is 0 Å². The molecular formula is C28H28N6O2. The van der Waals surface area contributed by atoms with Gasteiger partial charge in [-0.25, -0.2) is 0 Å². The van der Waals surface area contributed by atoms with Crippen LogP contribution in [0.1, 0.15) is 40.8 Å². The van der Waals surface area contributed by atoms with E-state index in [9.17, 15) is 4.79 Å². The van der Waals surface area contributed by atoms with E-state index in [2.05, 4.69) is 45.2 Å². The van der Waals surface area contributed by atoms with Gasteiger partial charge >= 0.3 is 0 Å². The fraction of sp³-hybridized carbons (Fsp3) is 0.214. The normalized spacial score (nSPS) is 14.7. The lowest BCUT2D eigenvalue weighted by Crippen LogP contribution is -2.31. The summed E-state index contributed by atoms with van der Waals surface area (Å²) in [5.41, 5.74) is 7.36. The Morgan fingerprint density at radius 2 is 1.78 bits per heavy atom. The number of anilines is 2. The fourth-order valence-electron chi connectivity index (χ4n) is 4.44. The van der Waals surface area contributed by atoms with Crippen LogP contribution in [-0.4, -0.2) is 26.1 Å². The van der Waals surface area contributed by atoms with E-state index in [1.807, 2.05) is 75.4 Å². The number of nitrogens with zero attached hydrogens (tertiary/aromatic N) is 4. The molecule has 182 valence electrons. The van der Waals surface area contributed by atoms with Crippen LogP contribution in [0.25, 0.3) is 0 Å². The molecule has 3 aromatic carbocycles. The molecule has 2 heterocycles. The van der Waals surface area contributed by atoms with Crippen molar-refractivity contribution in [1.29, 1.82) is 0 Å². The van der Waals surface area contributed by atoms with Crippen molar-refractivity contribution in [3.05, 3.63) is 106 Å². The van der Waals surface area contributed by atoms with Crippen LogP contribution in [0.15, 0.2) is 78.0 Å². The molecule has 1 aliphatic rings. The minimum absolute atomic E-state index is 0.210. The van der Waals surface area contributed by atoms with Gasteiger partial charge in [0.1, 0.15) is 18.4 Å². The average molecular weight is 481 g/mol. The first kappa shape index (κ1) is 23.3. The Hall–Kier alpha value is -4.46. The standard InChI is InChI=1S/C28H28N6O2/c1-17-9-14-24(19(3)15-17)30-27(35)25-20(4)29-28-31-32-33-34(28)26(25)21-10-12-23(13-11-21)36-16-22-8-6-5-7-18(22)2/h5-15,26H,16H2,1-4H3,(H,30,35)(H,29,31,33). The topological polar surface area (TPSA) is 94.0 Å². The lowest BCUT2D eigenvalue weighted by molar-refractivity contribution is -0.113. The Balaban J connectivity index is 1.42. The molecule has 8 nitrogen and oxygen atoms in total. The number of hydrogen-bond acceptors (Lipinski definition) is 6. The highest BCUT2D eigenvalue weighted by Gasteiger charge is 2.34. The van der Waals surface area contributed by atoms with Gasteiger partial charge in [0.05, 0.1) is 5.57 Å². The van der Waals surface area contributed by atoms with Gasteiger partial charge < -0.3 is 15.4 Å². The molecule has 1 atom stereocenters. The van der Waals surface area contributed by atoms with Crippen molar-refractivity contribution >= 4 is 17.5 Å². The number of aryl methyl sites for hydroxylation is 3. The summed E-state index contributed by atoms with van der Waals surface area (Å²) in [6, 6.07) is 21.3. The van der Waals surface area contributed by atoms with Gasteiger partial charge in [-0.1, -0.05) is 59.2 Å². The van der Waals surface area contributed by atoms with E-state index in [0.29, 0.717) is 23.8 Å². The van der Waals surface area contributed by atoms with Crippen LogP contribution in [0.4, 0.5) is 11.6 Å². The minimum atomic E-state index is -0.493. The number of amides is 1. The van der Waals surface area contributed by atoms with Crippen molar-refractivity contribution in [1.82, 2.24) is 20.2 Å². The molecular weight excluding hydrogens is 452 g/mol. The van der Waals surface area contributed by atoms with E-state index in [1.165, 1.54) is 5.56 Å². The quantitative estimate of drug-likeness (QED) is 0.399. The lowest BCUT2D eigenvalue weighted by atomic mass is 9.94. The van der Waals surface area contributed by atoms with Gasteiger partial charge in [0.15, 0.2) is 0 Å². The number of tetrazole rings is 1. The summed E-state index contributed by atoms with van der Waals surface area (Å²) >= 11 is 0. The van der Waals surface area contributed by atoms with E-state index >= 15 is 0 Å². The number of allylic oxidation sites excluding steroid dienone is 1. The monoisotopic (exact) mass is 480 g/mol. The molecule has 0 radical (unpaired) electrons. The molecule has 0 saturated carbocycles. The number of nitrogens with one attached hydrogen (secondary N) is 2. The summed E-state index contributed by atoms with van der Waals surface area (Å²) in [5.74, 6) is 1.02. The molecule has 36 heavy (non-hydrogen) atoms. The van der Waals surface area contributed by atoms with Crippen LogP contribution in [0, 0.1) is 20.8 Å². The summed E-state index contributed by atoms with van der Waals surface area (Å²) < 4.78 is 7.65. The SMILES string of the molecule is CC1=C(C(=O)Nc2ccc(C)cc2C)C(c2ccc(OCc3ccccc3C)cc2)n2nnnc2N1. The van der Waals surface area contributed by atoms with Crippen molar-refractivity contribution in [3.63, 3.8) is 0 Å². The number of benzene rings is 3. The number of aromatic nitrogens is 4. The van der Waals surface area contributed by atoms with Gasteiger partial charge in [-0.15, -0.1) is 0 Å². The van der Waals surface area contributed by atoms with E-state index in [1.54, 1.807) is 4.68 Å². The summed E-state index contributed by atoms with van der Waals surface area (Å²) in [5, 5.41) is 18.3. The second-order valence-corrected chi connectivity index (χ2v) is 9.07. The largest absolute Gasteiger partial charge is 0.489 e. The van der Waals surface area contributed by atoms with Crippen LogP contribution < -0.4 is 15.4 Å². The van der Waals surface area contributed by atoms with Crippen LogP contribution in [-0.2, 0) is 11.4 Å². The first-order valence-electron chi connectivity index (χ1n) is 11.8. The van der Waals surface area contributed by atoms with Crippen molar-refractivity contribution in [3.8, 4) is 5.75 Å². The molecule has 4 aromatic rings. The molecule has 1 aliphatic heterocycles. The van der Waals surface area contributed by atoms with Crippen LogP contribution in [0.5, 0.6) is 5.75 Å². The maximum Gasteiger partial charge on any atom is 0.255 e. The Bertz CT molecular complexity index is 1460. The predicted molar refractivity (Wildman–Crippen MR) is 139 cm³/mol. The van der Waals surface area contributed by atoms with Crippen molar-refractivity contribution < 1.29 is 9.53 Å². The van der Waals surface area contributed by atoms with E-state index in [-0.39, 0.29) is 5.91 Å². The first-order valence-corrected chi connectivity index (χ1v) is 11.8. The second-order valence-electron chi connectivity index (χ2n) is 9.07. The van der Waals surface area contributed by atoms with E-state index < -0.39 is 6.04 Å². The zero-order valence-electron chi connectivity index (χ0n) is 20.7. The summed E-state index contributed by atoms with van der Waals surface area (Å²) in [7, 11) is 0. The third-order valence-electron chi connectivity index (χ3n) is 6.44. The summed E-state index contributed by atoms with van der Waals surface area (Å²) in [4.78, 5) is 13.6.